The zero-order valence-corrected chi connectivity index (χ0v) is 14.3. The Morgan fingerprint density at radius 2 is 1.92 bits per heavy atom. The maximum atomic E-state index is 13.1. The number of benzene rings is 1. The Morgan fingerprint density at radius 1 is 1.29 bits per heavy atom. The third-order valence-electron chi connectivity index (χ3n) is 3.29. The summed E-state index contributed by atoms with van der Waals surface area (Å²) < 4.78 is 44.7. The summed E-state index contributed by atoms with van der Waals surface area (Å²) in [5.74, 6) is -0.528. The van der Waals surface area contributed by atoms with Gasteiger partial charge in [0.1, 0.15) is 11.8 Å². The predicted octanol–water partition coefficient (Wildman–Crippen LogP) is 3.43. The number of ether oxygens (including phenoxy) is 1. The van der Waals surface area contributed by atoms with Gasteiger partial charge in [-0.1, -0.05) is 32.9 Å². The van der Waals surface area contributed by atoms with Crippen LogP contribution in [0.15, 0.2) is 24.3 Å². The van der Waals surface area contributed by atoms with Crippen molar-refractivity contribution >= 4 is 5.91 Å². The summed E-state index contributed by atoms with van der Waals surface area (Å²) in [7, 11) is 0. The molecule has 24 heavy (non-hydrogen) atoms. The van der Waals surface area contributed by atoms with E-state index in [0.29, 0.717) is 11.3 Å². The number of hydrogen-bond donors (Lipinski definition) is 2. The van der Waals surface area contributed by atoms with Crippen molar-refractivity contribution in [3.05, 3.63) is 29.8 Å². The van der Waals surface area contributed by atoms with Crippen molar-refractivity contribution in [2.75, 3.05) is 0 Å². The number of amides is 1. The molecule has 0 saturated carbocycles. The number of rotatable bonds is 6. The van der Waals surface area contributed by atoms with E-state index in [9.17, 15) is 18.0 Å². The van der Waals surface area contributed by atoms with Gasteiger partial charge in [-0.2, -0.15) is 13.2 Å². The van der Waals surface area contributed by atoms with Crippen molar-refractivity contribution in [1.29, 1.82) is 0 Å². The van der Waals surface area contributed by atoms with Crippen LogP contribution >= 0.6 is 0 Å². The van der Waals surface area contributed by atoms with Gasteiger partial charge in [0.2, 0.25) is 0 Å². The Kier molecular flexibility index (Phi) is 6.66. The molecule has 2 atom stereocenters. The third-order valence-corrected chi connectivity index (χ3v) is 3.29. The van der Waals surface area contributed by atoms with E-state index < -0.39 is 29.6 Å². The number of aliphatic hydroxyl groups is 1. The molecular formula is C17H24F3NO3. The number of hydrogen-bond acceptors (Lipinski definition) is 3. The van der Waals surface area contributed by atoms with E-state index in [-0.39, 0.29) is 13.0 Å². The second-order valence-electron chi connectivity index (χ2n) is 6.93. The van der Waals surface area contributed by atoms with Gasteiger partial charge in [0.15, 0.2) is 6.10 Å². The minimum absolute atomic E-state index is 0.195. The van der Waals surface area contributed by atoms with Gasteiger partial charge in [0.05, 0.1) is 6.61 Å². The molecule has 0 fully saturated rings. The zero-order valence-electron chi connectivity index (χ0n) is 14.3. The summed E-state index contributed by atoms with van der Waals surface area (Å²) in [6.45, 7) is 6.22. The monoisotopic (exact) mass is 347 g/mol. The first-order valence-corrected chi connectivity index (χ1v) is 7.66. The van der Waals surface area contributed by atoms with E-state index in [2.05, 4.69) is 0 Å². The van der Waals surface area contributed by atoms with Gasteiger partial charge >= 0.3 is 6.18 Å². The number of aliphatic hydroxyl groups excluding tert-OH is 1. The summed E-state index contributed by atoms with van der Waals surface area (Å²) in [4.78, 5) is 12.1. The quantitative estimate of drug-likeness (QED) is 0.829. The fraction of sp³-hybridized carbons (Fsp3) is 0.588. The maximum Gasteiger partial charge on any atom is 0.408 e. The van der Waals surface area contributed by atoms with E-state index in [1.165, 1.54) is 13.0 Å². The van der Waals surface area contributed by atoms with Crippen LogP contribution in [-0.2, 0) is 11.4 Å². The Balaban J connectivity index is 2.75. The number of halogens is 3. The normalized spacial score (nSPS) is 14.8. The smallest absolute Gasteiger partial charge is 0.408 e. The first-order chi connectivity index (χ1) is 10.9. The van der Waals surface area contributed by atoms with Gasteiger partial charge in [0, 0.05) is 0 Å². The van der Waals surface area contributed by atoms with Crippen LogP contribution < -0.4 is 10.1 Å². The highest BCUT2D eigenvalue weighted by Crippen LogP contribution is 2.30. The molecule has 0 spiro atoms. The number of alkyl halides is 3. The van der Waals surface area contributed by atoms with Crippen LogP contribution in [0, 0.1) is 5.41 Å². The summed E-state index contributed by atoms with van der Waals surface area (Å²) >= 11 is 0. The molecule has 1 aromatic rings. The minimum atomic E-state index is -4.53. The standard InChI is InChI=1S/C17H24F3NO3/c1-11(24-13-7-5-6-12(8-13)10-22)15(23)21-14(17(18,19)20)9-16(2,3)4/h5-8,11,14,22H,9-10H2,1-4H3,(H,21,23). The zero-order chi connectivity index (χ0) is 18.5. The lowest BCUT2D eigenvalue weighted by Crippen LogP contribution is -2.50. The number of nitrogens with one attached hydrogen (secondary N) is 1. The minimum Gasteiger partial charge on any atom is -0.481 e. The highest BCUT2D eigenvalue weighted by Gasteiger charge is 2.43. The van der Waals surface area contributed by atoms with Crippen molar-refractivity contribution in [3.8, 4) is 5.75 Å². The molecule has 1 rings (SSSR count). The Morgan fingerprint density at radius 3 is 2.42 bits per heavy atom. The van der Waals surface area contributed by atoms with Crippen molar-refractivity contribution in [1.82, 2.24) is 5.32 Å². The molecule has 7 heteroatoms. The van der Waals surface area contributed by atoms with Crippen LogP contribution in [0.2, 0.25) is 0 Å². The van der Waals surface area contributed by atoms with Crippen LogP contribution in [0.25, 0.3) is 0 Å². The Bertz CT molecular complexity index is 553. The maximum absolute atomic E-state index is 13.1. The molecular weight excluding hydrogens is 323 g/mol. The second-order valence-corrected chi connectivity index (χ2v) is 6.93. The highest BCUT2D eigenvalue weighted by molar-refractivity contribution is 5.81. The fourth-order valence-corrected chi connectivity index (χ4v) is 2.12. The molecule has 0 aliphatic carbocycles. The lowest BCUT2D eigenvalue weighted by Gasteiger charge is -2.29. The molecule has 2 unspecified atom stereocenters. The van der Waals surface area contributed by atoms with Crippen LogP contribution in [0.4, 0.5) is 13.2 Å². The van der Waals surface area contributed by atoms with E-state index in [1.807, 2.05) is 5.32 Å². The fourth-order valence-electron chi connectivity index (χ4n) is 2.12. The Hall–Kier alpha value is -1.76. The lowest BCUT2D eigenvalue weighted by atomic mass is 9.88. The Labute approximate surface area is 140 Å². The molecule has 0 aliphatic heterocycles. The van der Waals surface area contributed by atoms with Crippen LogP contribution in [0.5, 0.6) is 5.75 Å². The summed E-state index contributed by atoms with van der Waals surface area (Å²) in [6, 6.07) is 4.46. The highest BCUT2D eigenvalue weighted by atomic mass is 19.4. The van der Waals surface area contributed by atoms with E-state index in [1.54, 1.807) is 39.0 Å². The summed E-state index contributed by atoms with van der Waals surface area (Å²) in [5.41, 5.74) is -0.00599. The second kappa shape index (κ2) is 7.88. The average Bonchev–Trinajstić information content (AvgIpc) is 2.44. The van der Waals surface area contributed by atoms with Crippen molar-refractivity contribution in [2.24, 2.45) is 5.41 Å². The van der Waals surface area contributed by atoms with Crippen molar-refractivity contribution < 1.29 is 27.8 Å². The molecule has 0 heterocycles. The average molecular weight is 347 g/mol. The van der Waals surface area contributed by atoms with Crippen LogP contribution in [0.3, 0.4) is 0 Å². The van der Waals surface area contributed by atoms with Gasteiger partial charge in [-0.15, -0.1) is 0 Å². The van der Waals surface area contributed by atoms with Crippen molar-refractivity contribution in [2.45, 2.75) is 59.0 Å². The molecule has 1 amide bonds. The van der Waals surface area contributed by atoms with E-state index in [4.69, 9.17) is 9.84 Å². The van der Waals surface area contributed by atoms with Gasteiger partial charge in [-0.3, -0.25) is 4.79 Å². The van der Waals surface area contributed by atoms with Gasteiger partial charge in [0.25, 0.3) is 5.91 Å². The topological polar surface area (TPSA) is 58.6 Å². The molecule has 0 saturated heterocycles. The number of carbonyl (C=O) groups excluding carboxylic acids is 1. The molecule has 1 aromatic carbocycles. The largest absolute Gasteiger partial charge is 0.481 e. The van der Waals surface area contributed by atoms with E-state index >= 15 is 0 Å². The first-order valence-electron chi connectivity index (χ1n) is 7.66. The van der Waals surface area contributed by atoms with Gasteiger partial charge in [-0.25, -0.2) is 0 Å². The van der Waals surface area contributed by atoms with Crippen LogP contribution in [0.1, 0.15) is 39.7 Å². The molecule has 136 valence electrons. The number of carbonyl (C=O) groups is 1. The van der Waals surface area contributed by atoms with Gasteiger partial charge < -0.3 is 15.2 Å². The van der Waals surface area contributed by atoms with Crippen molar-refractivity contribution in [3.63, 3.8) is 0 Å². The molecule has 0 aliphatic rings. The van der Waals surface area contributed by atoms with Gasteiger partial charge in [-0.05, 0) is 36.5 Å². The SMILES string of the molecule is CC(Oc1cccc(CO)c1)C(=O)NC(CC(C)(C)C)C(F)(F)F. The molecule has 2 N–H and O–H groups in total. The lowest BCUT2D eigenvalue weighted by molar-refractivity contribution is -0.168. The molecule has 4 nitrogen and oxygen atoms in total. The summed E-state index contributed by atoms with van der Waals surface area (Å²) in [5, 5.41) is 11.1. The molecule has 0 aromatic heterocycles. The van der Waals surface area contributed by atoms with Crippen LogP contribution in [-0.4, -0.2) is 29.3 Å². The molecule has 0 bridgehead atoms. The third kappa shape index (κ3) is 6.78. The predicted molar refractivity (Wildman–Crippen MR) is 84.5 cm³/mol. The van der Waals surface area contributed by atoms with E-state index in [0.717, 1.165) is 0 Å². The first kappa shape index (κ1) is 20.3. The molecule has 0 radical (unpaired) electrons. The summed E-state index contributed by atoms with van der Waals surface area (Å²) in [6.07, 6.45) is -5.85.